The SMILES string of the molecule is CCCCC/C=C\C/C=C\C/C=C\CCCCCCCCCCCCC(=O)OC1C(OCC(NC(=O)C(O)CCCCCCCCCC/C=C/CCCCCCCC)C(O)/C=C/CCCCCCCCCCCCC)OC(CO)C(O)C1O. The number of rotatable bonds is 60. The minimum absolute atomic E-state index is 0.118. The van der Waals surface area contributed by atoms with Crippen LogP contribution in [0.1, 0.15) is 323 Å². The molecule has 1 amide bonds. The van der Waals surface area contributed by atoms with Crippen molar-refractivity contribution >= 4 is 11.9 Å². The third-order valence-electron chi connectivity index (χ3n) is 16.4. The molecule has 8 atom stereocenters. The zero-order valence-corrected chi connectivity index (χ0v) is 53.8. The van der Waals surface area contributed by atoms with Crippen LogP contribution in [0, 0.1) is 0 Å². The zero-order valence-electron chi connectivity index (χ0n) is 53.8. The summed E-state index contributed by atoms with van der Waals surface area (Å²) in [6.45, 7) is 5.79. The van der Waals surface area contributed by atoms with Crippen molar-refractivity contribution in [3.8, 4) is 0 Å². The van der Waals surface area contributed by atoms with E-state index in [1.807, 2.05) is 6.08 Å². The van der Waals surface area contributed by atoms with Crippen LogP contribution < -0.4 is 5.32 Å². The Morgan fingerprint density at radius 3 is 1.28 bits per heavy atom. The lowest BCUT2D eigenvalue weighted by molar-refractivity contribution is -0.305. The van der Waals surface area contributed by atoms with Crippen molar-refractivity contribution in [1.29, 1.82) is 0 Å². The molecule has 0 saturated carbocycles. The van der Waals surface area contributed by atoms with Gasteiger partial charge in [0.15, 0.2) is 12.4 Å². The number of allylic oxidation sites excluding steroid dienone is 9. The first kappa shape index (κ1) is 78.4. The summed E-state index contributed by atoms with van der Waals surface area (Å²) in [5.41, 5.74) is 0. The summed E-state index contributed by atoms with van der Waals surface area (Å²) in [5.74, 6) is -1.19. The van der Waals surface area contributed by atoms with Crippen LogP contribution >= 0.6 is 0 Å². The van der Waals surface area contributed by atoms with Gasteiger partial charge in [0.05, 0.1) is 25.4 Å². The number of aliphatic hydroxyl groups is 5. The van der Waals surface area contributed by atoms with Gasteiger partial charge >= 0.3 is 5.97 Å². The topological polar surface area (TPSA) is 175 Å². The van der Waals surface area contributed by atoms with E-state index in [1.165, 1.54) is 193 Å². The van der Waals surface area contributed by atoms with Crippen LogP contribution in [0.2, 0.25) is 0 Å². The number of aliphatic hydroxyl groups excluding tert-OH is 5. The molecule has 0 aromatic rings. The molecule has 8 unspecified atom stereocenters. The maximum Gasteiger partial charge on any atom is 0.306 e. The molecule has 1 saturated heterocycles. The first-order chi connectivity index (χ1) is 40.7. The Bertz CT molecular complexity index is 1580. The summed E-state index contributed by atoms with van der Waals surface area (Å²) in [5, 5.41) is 57.2. The summed E-state index contributed by atoms with van der Waals surface area (Å²) in [6, 6.07) is -1.03. The summed E-state index contributed by atoms with van der Waals surface area (Å²) in [7, 11) is 0. The monoisotopic (exact) mass is 1170 g/mol. The molecule has 11 heteroatoms. The Kier molecular flexibility index (Phi) is 56.4. The number of hydrogen-bond acceptors (Lipinski definition) is 10. The number of ether oxygens (including phenoxy) is 3. The maximum atomic E-state index is 13.5. The third-order valence-corrected chi connectivity index (χ3v) is 16.4. The van der Waals surface area contributed by atoms with Gasteiger partial charge in [-0.3, -0.25) is 9.59 Å². The predicted octanol–water partition coefficient (Wildman–Crippen LogP) is 17.7. The van der Waals surface area contributed by atoms with Crippen LogP contribution in [0.3, 0.4) is 0 Å². The van der Waals surface area contributed by atoms with Crippen molar-refractivity contribution in [2.75, 3.05) is 13.2 Å². The van der Waals surface area contributed by atoms with Crippen LogP contribution in [0.4, 0.5) is 0 Å². The van der Waals surface area contributed by atoms with Crippen LogP contribution in [0.25, 0.3) is 0 Å². The van der Waals surface area contributed by atoms with E-state index < -0.39 is 67.4 Å². The molecule has 83 heavy (non-hydrogen) atoms. The minimum Gasteiger partial charge on any atom is -0.454 e. The normalized spacial score (nSPS) is 18.9. The van der Waals surface area contributed by atoms with Crippen LogP contribution in [-0.4, -0.2) is 99.6 Å². The molecular formula is C72H131NO10. The minimum atomic E-state index is -1.62. The van der Waals surface area contributed by atoms with Crippen molar-refractivity contribution in [3.63, 3.8) is 0 Å². The smallest absolute Gasteiger partial charge is 0.306 e. The highest BCUT2D eigenvalue weighted by Gasteiger charge is 2.47. The number of unbranched alkanes of at least 4 members (excludes halogenated alkanes) is 38. The fraction of sp³-hybridized carbons (Fsp3) is 0.833. The van der Waals surface area contributed by atoms with Gasteiger partial charge in [-0.2, -0.15) is 0 Å². The lowest BCUT2D eigenvalue weighted by Gasteiger charge is -2.41. The number of esters is 1. The van der Waals surface area contributed by atoms with Gasteiger partial charge in [0.2, 0.25) is 5.91 Å². The van der Waals surface area contributed by atoms with Crippen LogP contribution in [0.5, 0.6) is 0 Å². The van der Waals surface area contributed by atoms with E-state index in [9.17, 15) is 35.1 Å². The zero-order chi connectivity index (χ0) is 60.3. The Morgan fingerprint density at radius 2 is 0.831 bits per heavy atom. The lowest BCUT2D eigenvalue weighted by Crippen LogP contribution is -2.61. The fourth-order valence-electron chi connectivity index (χ4n) is 10.8. The molecule has 1 aliphatic rings. The highest BCUT2D eigenvalue weighted by atomic mass is 16.7. The maximum absolute atomic E-state index is 13.5. The van der Waals surface area contributed by atoms with Gasteiger partial charge < -0.3 is 45.1 Å². The highest BCUT2D eigenvalue weighted by Crippen LogP contribution is 2.26. The third kappa shape index (κ3) is 47.2. The molecule has 11 nitrogen and oxygen atoms in total. The van der Waals surface area contributed by atoms with Crippen LogP contribution in [-0.2, 0) is 23.8 Å². The van der Waals surface area contributed by atoms with Gasteiger partial charge in [-0.05, 0) is 89.9 Å². The lowest BCUT2D eigenvalue weighted by atomic mass is 9.99. The highest BCUT2D eigenvalue weighted by molar-refractivity contribution is 5.80. The fourth-order valence-corrected chi connectivity index (χ4v) is 10.8. The Labute approximate surface area is 509 Å². The molecule has 1 aliphatic heterocycles. The van der Waals surface area contributed by atoms with E-state index in [-0.39, 0.29) is 19.4 Å². The number of carbonyl (C=O) groups is 2. The van der Waals surface area contributed by atoms with E-state index in [0.717, 1.165) is 83.5 Å². The molecule has 1 fully saturated rings. The first-order valence-electron chi connectivity index (χ1n) is 35.1. The molecule has 0 aromatic heterocycles. The Hall–Kier alpha value is -2.64. The molecule has 0 aliphatic carbocycles. The van der Waals surface area contributed by atoms with Crippen molar-refractivity contribution in [1.82, 2.24) is 5.32 Å². The summed E-state index contributed by atoms with van der Waals surface area (Å²) in [6.07, 6.45) is 65.3. The van der Waals surface area contributed by atoms with Gasteiger partial charge in [-0.1, -0.05) is 287 Å². The number of nitrogens with one attached hydrogen (secondary N) is 1. The van der Waals surface area contributed by atoms with Crippen molar-refractivity contribution in [3.05, 3.63) is 60.8 Å². The van der Waals surface area contributed by atoms with Crippen molar-refractivity contribution < 1.29 is 49.3 Å². The second kappa shape index (κ2) is 59.7. The van der Waals surface area contributed by atoms with E-state index in [1.54, 1.807) is 6.08 Å². The van der Waals surface area contributed by atoms with Gasteiger partial charge in [-0.25, -0.2) is 0 Å². The second-order valence-electron chi connectivity index (χ2n) is 24.3. The summed E-state index contributed by atoms with van der Waals surface area (Å²) < 4.78 is 17.7. The molecule has 1 heterocycles. The number of hydrogen-bond donors (Lipinski definition) is 6. The quantitative estimate of drug-likeness (QED) is 0.0195. The predicted molar refractivity (Wildman–Crippen MR) is 347 cm³/mol. The Morgan fingerprint density at radius 1 is 0.470 bits per heavy atom. The van der Waals surface area contributed by atoms with E-state index >= 15 is 0 Å². The number of carbonyl (C=O) groups excluding carboxylic acids is 2. The van der Waals surface area contributed by atoms with Crippen LogP contribution in [0.15, 0.2) is 60.8 Å². The molecule has 0 spiro atoms. The van der Waals surface area contributed by atoms with E-state index in [2.05, 4.69) is 74.7 Å². The van der Waals surface area contributed by atoms with Crippen molar-refractivity contribution in [2.24, 2.45) is 0 Å². The average molecular weight is 1170 g/mol. The average Bonchev–Trinajstić information content (AvgIpc) is 3.50. The standard InChI is InChI=1S/C72H131NO10/c1-4-7-10-13-16-19-22-25-27-29-31-32-33-34-35-37-39-42-45-48-51-54-57-60-67(77)83-70-69(79)68(78)66(61-74)82-72(70)81-62-63(64(75)58-55-52-49-46-43-40-24-21-18-15-12-9-6-3)73-71(80)65(76)59-56-53-50-47-44-41-38-36-30-28-26-23-20-17-14-11-8-5-2/h16,19,25-28,31-32,55,58,63-66,68-70,72,74-76,78-79H,4-15,17-18,20-24,29-30,33-54,56-57,59-62H2,1-3H3,(H,73,80)/b19-16-,27-25-,28-26+,32-31-,58-55+. The largest absolute Gasteiger partial charge is 0.454 e. The Balaban J connectivity index is 2.61. The van der Waals surface area contributed by atoms with Gasteiger partial charge in [0, 0.05) is 6.42 Å². The molecule has 0 radical (unpaired) electrons. The van der Waals surface area contributed by atoms with E-state index in [0.29, 0.717) is 12.8 Å². The van der Waals surface area contributed by atoms with Gasteiger partial charge in [-0.15, -0.1) is 0 Å². The van der Waals surface area contributed by atoms with Crippen molar-refractivity contribution in [2.45, 2.75) is 372 Å². The molecule has 484 valence electrons. The molecule has 1 rings (SSSR count). The molecular weight excluding hydrogens is 1040 g/mol. The first-order valence-corrected chi connectivity index (χ1v) is 35.1. The van der Waals surface area contributed by atoms with E-state index in [4.69, 9.17) is 14.2 Å². The van der Waals surface area contributed by atoms with Gasteiger partial charge in [0.25, 0.3) is 0 Å². The van der Waals surface area contributed by atoms with Gasteiger partial charge in [0.1, 0.15) is 24.4 Å². The summed E-state index contributed by atoms with van der Waals surface area (Å²) in [4.78, 5) is 26.7. The number of amides is 1. The molecule has 6 N–H and O–H groups in total. The summed E-state index contributed by atoms with van der Waals surface area (Å²) >= 11 is 0. The second-order valence-corrected chi connectivity index (χ2v) is 24.3. The molecule has 0 aromatic carbocycles. The molecule has 0 bridgehead atoms.